The zero-order valence-electron chi connectivity index (χ0n) is 16.7. The van der Waals surface area contributed by atoms with Gasteiger partial charge >= 0.3 is 0 Å². The lowest BCUT2D eigenvalue weighted by Crippen LogP contribution is -2.99. The largest absolute Gasteiger partial charge is 0.595 e. The number of quaternary nitrogens is 1. The molecule has 0 bridgehead atoms. The zero-order chi connectivity index (χ0) is 21.0. The minimum Gasteiger partial charge on any atom is -0.595 e. The number of hydrogen-bond donors (Lipinski definition) is 4. The molecule has 7 heteroatoms. The van der Waals surface area contributed by atoms with E-state index in [9.17, 15) is 15.2 Å². The highest BCUT2D eigenvalue weighted by atomic mass is 16.8. The van der Waals surface area contributed by atoms with Crippen LogP contribution in [0.3, 0.4) is 0 Å². The van der Waals surface area contributed by atoms with Crippen molar-refractivity contribution in [2.24, 2.45) is 5.92 Å². The van der Waals surface area contributed by atoms with Gasteiger partial charge < -0.3 is 15.8 Å². The van der Waals surface area contributed by atoms with Crippen LogP contribution in [-0.4, -0.2) is 24.2 Å². The zero-order valence-corrected chi connectivity index (χ0v) is 16.7. The molecule has 2 unspecified atom stereocenters. The maximum atomic E-state index is 12.6. The molecule has 7 nitrogen and oxygen atoms in total. The molecule has 1 heterocycles. The summed E-state index contributed by atoms with van der Waals surface area (Å²) in [5.41, 5.74) is 4.53. The van der Waals surface area contributed by atoms with Crippen molar-refractivity contribution in [3.8, 4) is 17.2 Å². The van der Waals surface area contributed by atoms with Crippen LogP contribution in [0.4, 0.5) is 11.4 Å². The Morgan fingerprint density at radius 1 is 1.34 bits per heavy atom. The van der Waals surface area contributed by atoms with Crippen molar-refractivity contribution in [2.75, 3.05) is 18.4 Å². The number of hydrogen-bond acceptors (Lipinski definition) is 5. The average molecular weight is 394 g/mol. The molecule has 4 N–H and O–H groups in total. The minimum atomic E-state index is -0.956. The molecule has 152 valence electrons. The van der Waals surface area contributed by atoms with E-state index in [1.54, 1.807) is 6.07 Å². The molecule has 1 amide bonds. The summed E-state index contributed by atoms with van der Waals surface area (Å²) in [6.07, 6.45) is 1.45. The van der Waals surface area contributed by atoms with Gasteiger partial charge in [-0.2, -0.15) is 10.5 Å². The highest BCUT2D eigenvalue weighted by Crippen LogP contribution is 2.35. The van der Waals surface area contributed by atoms with E-state index in [4.69, 9.17) is 5.26 Å². The van der Waals surface area contributed by atoms with Gasteiger partial charge in [-0.15, -0.1) is 0 Å². The van der Waals surface area contributed by atoms with Crippen LogP contribution in [-0.2, 0) is 11.2 Å². The van der Waals surface area contributed by atoms with Gasteiger partial charge in [0.15, 0.2) is 5.69 Å². The molecular weight excluding hydrogens is 368 g/mol. The topological polar surface area (TPSA) is 113 Å². The number of carbonyl (C=O) groups is 1. The lowest BCUT2D eigenvalue weighted by molar-refractivity contribution is -0.990. The number of nitrogens with one attached hydrogen (secondary N) is 3. The van der Waals surface area contributed by atoms with Crippen LogP contribution in [0.5, 0.6) is 0 Å². The van der Waals surface area contributed by atoms with Crippen molar-refractivity contribution in [1.82, 2.24) is 5.32 Å². The smallest absolute Gasteiger partial charge is 0.228 e. The Balaban J connectivity index is 1.99. The van der Waals surface area contributed by atoms with E-state index in [1.165, 1.54) is 0 Å². The second-order valence-electron chi connectivity index (χ2n) is 7.72. The number of benzene rings is 2. The van der Waals surface area contributed by atoms with Gasteiger partial charge in [-0.3, -0.25) is 4.79 Å². The highest BCUT2D eigenvalue weighted by molar-refractivity contribution is 5.85. The molecular formula is C22H26N4O3. The van der Waals surface area contributed by atoms with Crippen molar-refractivity contribution >= 4 is 17.3 Å². The molecule has 2 aromatic rings. The normalized spacial score (nSPS) is 14.6. The minimum absolute atomic E-state index is 0.0209. The molecule has 1 aliphatic rings. The van der Waals surface area contributed by atoms with Crippen LogP contribution in [0.1, 0.15) is 37.3 Å². The second-order valence-corrected chi connectivity index (χ2v) is 7.72. The number of anilines is 1. The summed E-state index contributed by atoms with van der Waals surface area (Å²) in [6, 6.07) is 13.3. The first-order chi connectivity index (χ1) is 13.9. The predicted octanol–water partition coefficient (Wildman–Crippen LogP) is 2.49. The number of nitriles is 1. The Kier molecular flexibility index (Phi) is 6.49. The summed E-state index contributed by atoms with van der Waals surface area (Å²) in [6.45, 7) is 4.82. The van der Waals surface area contributed by atoms with Crippen molar-refractivity contribution in [2.45, 2.75) is 32.6 Å². The van der Waals surface area contributed by atoms with E-state index in [0.717, 1.165) is 35.2 Å². The fourth-order valence-electron chi connectivity index (χ4n) is 3.82. The molecule has 0 aromatic heterocycles. The maximum Gasteiger partial charge on any atom is 0.228 e. The third-order valence-electron chi connectivity index (χ3n) is 5.13. The van der Waals surface area contributed by atoms with Gasteiger partial charge in [0.1, 0.15) is 12.2 Å². The van der Waals surface area contributed by atoms with Gasteiger partial charge in [0.2, 0.25) is 5.91 Å². The van der Waals surface area contributed by atoms with Gasteiger partial charge in [0.25, 0.3) is 0 Å². The highest BCUT2D eigenvalue weighted by Gasteiger charge is 2.24. The molecule has 3 rings (SSSR count). The van der Waals surface area contributed by atoms with E-state index in [-0.39, 0.29) is 24.1 Å². The number of carbonyl (C=O) groups excluding carboxylic acids is 1. The number of amides is 1. The third-order valence-corrected chi connectivity index (χ3v) is 5.13. The summed E-state index contributed by atoms with van der Waals surface area (Å²) in [7, 11) is 0. The van der Waals surface area contributed by atoms with Crippen LogP contribution in [0.25, 0.3) is 11.1 Å². The van der Waals surface area contributed by atoms with E-state index < -0.39 is 5.23 Å². The van der Waals surface area contributed by atoms with E-state index >= 15 is 0 Å². The predicted molar refractivity (Wildman–Crippen MR) is 111 cm³/mol. The standard InChI is InChI=1S/C22H26N4O3/c1-14(2)10-19(22(27)25-9-7-23)16-5-3-4-15(11-16)18-12-17-6-8-24-21(17)20(13-18)26(28)29/h3-5,11-14,19,24,26,28H,6,8-10H2,1-2H3,(H,25,27). The SMILES string of the molecule is CC(C)CC(C(=O)NCC#N)c1cccc(-c2cc3c(c([NH+]([O-])O)c2)NCC3)c1. The lowest BCUT2D eigenvalue weighted by Gasteiger charge is -2.20. The van der Waals surface area contributed by atoms with Gasteiger partial charge in [-0.25, -0.2) is 5.21 Å². The Hall–Kier alpha value is -2.92. The molecule has 29 heavy (non-hydrogen) atoms. The molecule has 0 radical (unpaired) electrons. The van der Waals surface area contributed by atoms with Crippen LogP contribution >= 0.6 is 0 Å². The Morgan fingerprint density at radius 3 is 2.83 bits per heavy atom. The van der Waals surface area contributed by atoms with Crippen LogP contribution < -0.4 is 15.9 Å². The number of rotatable bonds is 7. The Labute approximate surface area is 170 Å². The molecule has 0 spiro atoms. The molecule has 0 aliphatic carbocycles. The summed E-state index contributed by atoms with van der Waals surface area (Å²) in [5, 5.41) is 34.9. The molecule has 1 aliphatic heterocycles. The monoisotopic (exact) mass is 394 g/mol. The lowest BCUT2D eigenvalue weighted by atomic mass is 9.87. The first-order valence-corrected chi connectivity index (χ1v) is 9.79. The molecule has 2 aromatic carbocycles. The van der Waals surface area contributed by atoms with E-state index in [1.807, 2.05) is 36.4 Å². The average Bonchev–Trinajstić information content (AvgIpc) is 3.18. The molecule has 0 saturated heterocycles. The number of nitrogens with zero attached hydrogens (tertiary/aromatic N) is 1. The second kappa shape index (κ2) is 9.05. The number of fused-ring (bicyclic) bond motifs is 1. The quantitative estimate of drug-likeness (QED) is 0.426. The summed E-state index contributed by atoms with van der Waals surface area (Å²) < 4.78 is 0. The molecule has 0 saturated carbocycles. The summed E-state index contributed by atoms with van der Waals surface area (Å²) in [4.78, 5) is 12.6. The van der Waals surface area contributed by atoms with Gasteiger partial charge in [-0.05, 0) is 47.1 Å². The van der Waals surface area contributed by atoms with Crippen LogP contribution in [0.2, 0.25) is 0 Å². The van der Waals surface area contributed by atoms with Gasteiger partial charge in [0.05, 0.1) is 12.0 Å². The van der Waals surface area contributed by atoms with Gasteiger partial charge in [0, 0.05) is 12.6 Å². The Bertz CT molecular complexity index is 934. The fourth-order valence-corrected chi connectivity index (χ4v) is 3.82. The van der Waals surface area contributed by atoms with E-state index in [0.29, 0.717) is 18.0 Å². The maximum absolute atomic E-state index is 12.6. The summed E-state index contributed by atoms with van der Waals surface area (Å²) >= 11 is 0. The van der Waals surface area contributed by atoms with Crippen molar-refractivity contribution in [3.05, 3.63) is 52.7 Å². The first-order valence-electron chi connectivity index (χ1n) is 9.79. The molecule has 0 fully saturated rings. The summed E-state index contributed by atoms with van der Waals surface area (Å²) in [5.74, 6) is -0.221. The first kappa shape index (κ1) is 20.8. The van der Waals surface area contributed by atoms with Crippen LogP contribution in [0.15, 0.2) is 36.4 Å². The third kappa shape index (κ3) is 4.74. The van der Waals surface area contributed by atoms with Crippen molar-refractivity contribution in [1.29, 1.82) is 5.26 Å². The van der Waals surface area contributed by atoms with Crippen molar-refractivity contribution in [3.63, 3.8) is 0 Å². The fraction of sp³-hybridized carbons (Fsp3) is 0.364. The van der Waals surface area contributed by atoms with Crippen LogP contribution in [0, 0.1) is 22.5 Å². The van der Waals surface area contributed by atoms with Crippen molar-refractivity contribution < 1.29 is 15.2 Å². The Morgan fingerprint density at radius 2 is 2.14 bits per heavy atom. The van der Waals surface area contributed by atoms with Gasteiger partial charge in [-0.1, -0.05) is 38.1 Å². The van der Waals surface area contributed by atoms with E-state index in [2.05, 4.69) is 24.5 Å². The molecule has 2 atom stereocenters.